The topological polar surface area (TPSA) is 60.9 Å². The Morgan fingerprint density at radius 1 is 1.32 bits per heavy atom. The molecule has 1 aliphatic carbocycles. The van der Waals surface area contributed by atoms with E-state index in [4.69, 9.17) is 10.7 Å². The summed E-state index contributed by atoms with van der Waals surface area (Å²) in [5.74, 6) is 1.32. The zero-order chi connectivity index (χ0) is 13.4. The Morgan fingerprint density at radius 2 is 2.05 bits per heavy atom. The van der Waals surface area contributed by atoms with E-state index in [2.05, 4.69) is 4.57 Å². The van der Waals surface area contributed by atoms with E-state index in [-0.39, 0.29) is 5.91 Å². The molecule has 3 rings (SSSR count). The fraction of sp³-hybridized carbons (Fsp3) is 0.467. The first-order valence-corrected chi connectivity index (χ1v) is 6.93. The summed E-state index contributed by atoms with van der Waals surface area (Å²) in [6, 6.07) is 5.49. The summed E-state index contributed by atoms with van der Waals surface area (Å²) in [6.45, 7) is 0. The van der Waals surface area contributed by atoms with Gasteiger partial charge in [-0.15, -0.1) is 0 Å². The summed E-state index contributed by atoms with van der Waals surface area (Å²) < 4.78 is 2.12. The molecule has 0 aliphatic heterocycles. The lowest BCUT2D eigenvalue weighted by molar-refractivity contribution is 0.100. The summed E-state index contributed by atoms with van der Waals surface area (Å²) >= 11 is 0. The minimum absolute atomic E-state index is 0.387. The third-order valence-electron chi connectivity index (χ3n) is 4.17. The molecule has 0 unspecified atom stereocenters. The van der Waals surface area contributed by atoms with Crippen LogP contribution in [0, 0.1) is 0 Å². The lowest BCUT2D eigenvalue weighted by atomic mass is 9.89. The number of hydrogen-bond donors (Lipinski definition) is 1. The molecule has 1 heterocycles. The van der Waals surface area contributed by atoms with Crippen LogP contribution in [-0.4, -0.2) is 15.5 Å². The molecule has 4 heteroatoms. The van der Waals surface area contributed by atoms with E-state index < -0.39 is 0 Å². The Labute approximate surface area is 112 Å². The highest BCUT2D eigenvalue weighted by Gasteiger charge is 2.21. The van der Waals surface area contributed by atoms with Crippen LogP contribution in [-0.2, 0) is 7.05 Å². The monoisotopic (exact) mass is 257 g/mol. The summed E-state index contributed by atoms with van der Waals surface area (Å²) in [5.41, 5.74) is 7.83. The smallest absolute Gasteiger partial charge is 0.248 e. The van der Waals surface area contributed by atoms with Crippen molar-refractivity contribution in [2.24, 2.45) is 12.8 Å². The van der Waals surface area contributed by atoms with Gasteiger partial charge in [0, 0.05) is 18.5 Å². The largest absolute Gasteiger partial charge is 0.366 e. The molecule has 1 amide bonds. The molecule has 100 valence electrons. The summed E-state index contributed by atoms with van der Waals surface area (Å²) in [6.07, 6.45) is 6.37. The van der Waals surface area contributed by atoms with E-state index in [0.717, 1.165) is 16.9 Å². The molecule has 1 aliphatic rings. The molecule has 1 saturated carbocycles. The molecule has 2 N–H and O–H groups in total. The zero-order valence-corrected chi connectivity index (χ0v) is 11.2. The number of primary amides is 1. The van der Waals surface area contributed by atoms with Gasteiger partial charge in [0.2, 0.25) is 5.91 Å². The molecule has 0 saturated heterocycles. The van der Waals surface area contributed by atoms with Crippen molar-refractivity contribution in [3.8, 4) is 0 Å². The lowest BCUT2D eigenvalue weighted by Crippen LogP contribution is -2.11. The Bertz CT molecular complexity index is 624. The first kappa shape index (κ1) is 12.2. The van der Waals surface area contributed by atoms with Crippen LogP contribution in [0.4, 0.5) is 0 Å². The van der Waals surface area contributed by atoms with Crippen LogP contribution in [0.5, 0.6) is 0 Å². The Kier molecular flexibility index (Phi) is 3.01. The molecule has 0 radical (unpaired) electrons. The first-order chi connectivity index (χ1) is 9.16. The van der Waals surface area contributed by atoms with Gasteiger partial charge in [-0.05, 0) is 31.0 Å². The van der Waals surface area contributed by atoms with E-state index in [9.17, 15) is 4.79 Å². The fourth-order valence-electron chi connectivity index (χ4n) is 3.09. The Morgan fingerprint density at radius 3 is 2.74 bits per heavy atom. The second-order valence-electron chi connectivity index (χ2n) is 5.43. The normalized spacial score (nSPS) is 16.9. The zero-order valence-electron chi connectivity index (χ0n) is 11.2. The van der Waals surface area contributed by atoms with Crippen LogP contribution >= 0.6 is 0 Å². The number of benzene rings is 1. The van der Waals surface area contributed by atoms with Crippen molar-refractivity contribution in [1.29, 1.82) is 0 Å². The lowest BCUT2D eigenvalue weighted by Gasteiger charge is -2.21. The minimum atomic E-state index is -0.387. The third kappa shape index (κ3) is 2.11. The van der Waals surface area contributed by atoms with Gasteiger partial charge in [-0.25, -0.2) is 4.98 Å². The maximum Gasteiger partial charge on any atom is 0.248 e. The van der Waals surface area contributed by atoms with E-state index in [1.165, 1.54) is 32.1 Å². The number of fused-ring (bicyclic) bond motifs is 1. The maximum absolute atomic E-state index is 11.3. The number of imidazole rings is 1. The summed E-state index contributed by atoms with van der Waals surface area (Å²) in [5, 5.41) is 0. The highest BCUT2D eigenvalue weighted by molar-refractivity contribution is 5.96. The van der Waals surface area contributed by atoms with E-state index in [1.807, 2.05) is 19.2 Å². The molecule has 0 atom stereocenters. The summed E-state index contributed by atoms with van der Waals surface area (Å²) in [4.78, 5) is 16.0. The molecule has 1 fully saturated rings. The minimum Gasteiger partial charge on any atom is -0.366 e. The molecule has 2 aromatic rings. The van der Waals surface area contributed by atoms with E-state index in [0.29, 0.717) is 11.5 Å². The van der Waals surface area contributed by atoms with Crippen LogP contribution in [0.15, 0.2) is 18.2 Å². The van der Waals surface area contributed by atoms with Gasteiger partial charge in [-0.2, -0.15) is 0 Å². The standard InChI is InChI=1S/C15H19N3O/c1-18-13-9-11(14(16)19)7-8-12(13)17-15(18)10-5-3-2-4-6-10/h7-10H,2-6H2,1H3,(H2,16,19). The molecule has 0 bridgehead atoms. The molecule has 0 spiro atoms. The van der Waals surface area contributed by atoms with Crippen LogP contribution in [0.25, 0.3) is 11.0 Å². The second kappa shape index (κ2) is 4.68. The predicted molar refractivity (Wildman–Crippen MR) is 75.1 cm³/mol. The number of hydrogen-bond acceptors (Lipinski definition) is 2. The van der Waals surface area contributed by atoms with Crippen molar-refractivity contribution in [3.05, 3.63) is 29.6 Å². The third-order valence-corrected chi connectivity index (χ3v) is 4.17. The SMILES string of the molecule is Cn1c(C2CCCCC2)nc2ccc(C(N)=O)cc21. The summed E-state index contributed by atoms with van der Waals surface area (Å²) in [7, 11) is 2.03. The molecule has 19 heavy (non-hydrogen) atoms. The number of aromatic nitrogens is 2. The molecule has 4 nitrogen and oxygen atoms in total. The Hall–Kier alpha value is -1.84. The number of aryl methyl sites for hydroxylation is 1. The molecule has 1 aromatic heterocycles. The number of nitrogens with zero attached hydrogens (tertiary/aromatic N) is 2. The van der Waals surface area contributed by atoms with Gasteiger partial charge < -0.3 is 10.3 Å². The molecular weight excluding hydrogens is 238 g/mol. The highest BCUT2D eigenvalue weighted by Crippen LogP contribution is 2.33. The van der Waals surface area contributed by atoms with E-state index >= 15 is 0 Å². The van der Waals surface area contributed by atoms with Crippen molar-refractivity contribution in [2.75, 3.05) is 0 Å². The quantitative estimate of drug-likeness (QED) is 0.899. The van der Waals surface area contributed by atoms with Gasteiger partial charge in [0.25, 0.3) is 0 Å². The van der Waals surface area contributed by atoms with Gasteiger partial charge >= 0.3 is 0 Å². The number of rotatable bonds is 2. The highest BCUT2D eigenvalue weighted by atomic mass is 16.1. The van der Waals surface area contributed by atoms with Gasteiger partial charge in [-0.3, -0.25) is 4.79 Å². The van der Waals surface area contributed by atoms with Crippen LogP contribution < -0.4 is 5.73 Å². The van der Waals surface area contributed by atoms with Crippen LogP contribution in [0.3, 0.4) is 0 Å². The van der Waals surface area contributed by atoms with Crippen LogP contribution in [0.2, 0.25) is 0 Å². The maximum atomic E-state index is 11.3. The van der Waals surface area contributed by atoms with Gasteiger partial charge in [0.05, 0.1) is 11.0 Å². The predicted octanol–water partition coefficient (Wildman–Crippen LogP) is 2.72. The second-order valence-corrected chi connectivity index (χ2v) is 5.43. The average molecular weight is 257 g/mol. The van der Waals surface area contributed by atoms with Crippen molar-refractivity contribution in [1.82, 2.24) is 9.55 Å². The van der Waals surface area contributed by atoms with E-state index in [1.54, 1.807) is 6.07 Å². The average Bonchev–Trinajstić information content (AvgIpc) is 2.77. The molecular formula is C15H19N3O. The van der Waals surface area contributed by atoms with Gasteiger partial charge in [0.15, 0.2) is 0 Å². The number of nitrogens with two attached hydrogens (primary N) is 1. The van der Waals surface area contributed by atoms with Crippen molar-refractivity contribution < 1.29 is 4.79 Å². The Balaban J connectivity index is 2.06. The fourth-order valence-corrected chi connectivity index (χ4v) is 3.09. The van der Waals surface area contributed by atoms with Crippen molar-refractivity contribution in [2.45, 2.75) is 38.0 Å². The van der Waals surface area contributed by atoms with Crippen LogP contribution in [0.1, 0.15) is 54.2 Å². The van der Waals surface area contributed by atoms with Crippen molar-refractivity contribution in [3.63, 3.8) is 0 Å². The number of carbonyl (C=O) groups is 1. The first-order valence-electron chi connectivity index (χ1n) is 6.93. The number of carbonyl (C=O) groups excluding carboxylic acids is 1. The number of amides is 1. The van der Waals surface area contributed by atoms with Gasteiger partial charge in [0.1, 0.15) is 5.82 Å². The van der Waals surface area contributed by atoms with Gasteiger partial charge in [-0.1, -0.05) is 19.3 Å². The van der Waals surface area contributed by atoms with Crippen molar-refractivity contribution >= 4 is 16.9 Å². The molecule has 1 aromatic carbocycles.